The topological polar surface area (TPSA) is 194 Å². The van der Waals surface area contributed by atoms with Crippen molar-refractivity contribution < 1.29 is 29.1 Å². The smallest absolute Gasteiger partial charge is 0.326 e. The molecule has 0 bridgehead atoms. The Labute approximate surface area is 195 Å². The summed E-state index contributed by atoms with van der Waals surface area (Å²) in [6, 6.07) is -4.41. The Bertz CT molecular complexity index is 699. The molecule has 11 heteroatoms. The largest absolute Gasteiger partial charge is 0.480 e. The molecule has 0 saturated carbocycles. The fourth-order valence-corrected chi connectivity index (χ4v) is 3.19. The van der Waals surface area contributed by atoms with Crippen LogP contribution in [0.15, 0.2) is 0 Å². The van der Waals surface area contributed by atoms with Crippen LogP contribution < -0.4 is 27.4 Å². The zero-order valence-electron chi connectivity index (χ0n) is 20.5. The summed E-state index contributed by atoms with van der Waals surface area (Å²) < 4.78 is 0. The SMILES string of the molecule is CCC(C)C(NC(=O)C(CC(N)=O)NC(=O)C(NC(=O)C(N)CC(C)C)C(C)CC)C(=O)O. The monoisotopic (exact) mass is 471 g/mol. The van der Waals surface area contributed by atoms with Crippen LogP contribution in [0.3, 0.4) is 0 Å². The van der Waals surface area contributed by atoms with Crippen LogP contribution in [0.25, 0.3) is 0 Å². The van der Waals surface area contributed by atoms with Crippen molar-refractivity contribution in [3.63, 3.8) is 0 Å². The Morgan fingerprint density at radius 2 is 1.27 bits per heavy atom. The molecule has 0 spiro atoms. The van der Waals surface area contributed by atoms with Crippen molar-refractivity contribution in [3.05, 3.63) is 0 Å². The summed E-state index contributed by atoms with van der Waals surface area (Å²) in [5.74, 6) is -4.62. The molecular formula is C22H41N5O6. The average Bonchev–Trinajstić information content (AvgIpc) is 2.72. The molecule has 190 valence electrons. The van der Waals surface area contributed by atoms with Crippen LogP contribution in [0.1, 0.15) is 67.2 Å². The lowest BCUT2D eigenvalue weighted by Crippen LogP contribution is -2.59. The predicted molar refractivity (Wildman–Crippen MR) is 124 cm³/mol. The van der Waals surface area contributed by atoms with Gasteiger partial charge >= 0.3 is 5.97 Å². The molecule has 0 rings (SSSR count). The van der Waals surface area contributed by atoms with Gasteiger partial charge in [-0.05, 0) is 24.2 Å². The van der Waals surface area contributed by atoms with Gasteiger partial charge in [-0.2, -0.15) is 0 Å². The number of aliphatic carboxylic acids is 1. The first-order valence-electron chi connectivity index (χ1n) is 11.4. The van der Waals surface area contributed by atoms with Gasteiger partial charge in [0, 0.05) is 0 Å². The van der Waals surface area contributed by atoms with Crippen LogP contribution >= 0.6 is 0 Å². The van der Waals surface area contributed by atoms with Crippen molar-refractivity contribution >= 4 is 29.6 Å². The number of hydrogen-bond acceptors (Lipinski definition) is 6. The van der Waals surface area contributed by atoms with Crippen LogP contribution in [0, 0.1) is 17.8 Å². The molecule has 0 aliphatic rings. The molecular weight excluding hydrogens is 430 g/mol. The van der Waals surface area contributed by atoms with Crippen LogP contribution in [-0.2, 0) is 24.0 Å². The van der Waals surface area contributed by atoms with Crippen molar-refractivity contribution in [1.29, 1.82) is 0 Å². The van der Waals surface area contributed by atoms with Crippen molar-refractivity contribution in [2.24, 2.45) is 29.2 Å². The van der Waals surface area contributed by atoms with Gasteiger partial charge in [-0.3, -0.25) is 19.2 Å². The van der Waals surface area contributed by atoms with Gasteiger partial charge in [0.05, 0.1) is 12.5 Å². The second-order valence-corrected chi connectivity index (χ2v) is 9.05. The zero-order chi connectivity index (χ0) is 25.9. The van der Waals surface area contributed by atoms with Crippen LogP contribution in [0.5, 0.6) is 0 Å². The van der Waals surface area contributed by atoms with E-state index in [2.05, 4.69) is 16.0 Å². The highest BCUT2D eigenvalue weighted by molar-refractivity contribution is 5.96. The third-order valence-electron chi connectivity index (χ3n) is 5.67. The lowest BCUT2D eigenvalue weighted by Gasteiger charge is -2.28. The summed E-state index contributed by atoms with van der Waals surface area (Å²) in [7, 11) is 0. The molecule has 6 unspecified atom stereocenters. The first-order chi connectivity index (χ1) is 15.2. The first kappa shape index (κ1) is 30.3. The molecule has 11 nitrogen and oxygen atoms in total. The number of carboxylic acids is 1. The van der Waals surface area contributed by atoms with Gasteiger partial charge in [0.2, 0.25) is 23.6 Å². The van der Waals surface area contributed by atoms with Gasteiger partial charge in [-0.25, -0.2) is 4.79 Å². The highest BCUT2D eigenvalue weighted by Crippen LogP contribution is 2.12. The van der Waals surface area contributed by atoms with Gasteiger partial charge in [-0.1, -0.05) is 54.4 Å². The summed E-state index contributed by atoms with van der Waals surface area (Å²) in [6.07, 6.45) is 0.931. The third kappa shape index (κ3) is 10.6. The predicted octanol–water partition coefficient (Wildman–Crippen LogP) is -0.134. The second kappa shape index (κ2) is 14.5. The maximum Gasteiger partial charge on any atom is 0.326 e. The summed E-state index contributed by atoms with van der Waals surface area (Å²) >= 11 is 0. The highest BCUT2D eigenvalue weighted by atomic mass is 16.4. The van der Waals surface area contributed by atoms with E-state index >= 15 is 0 Å². The van der Waals surface area contributed by atoms with E-state index in [0.717, 1.165) is 0 Å². The molecule has 0 aliphatic heterocycles. The maximum absolute atomic E-state index is 13.0. The minimum absolute atomic E-state index is 0.179. The Hall–Kier alpha value is -2.69. The number of hydrogen-bond donors (Lipinski definition) is 6. The number of amides is 4. The summed E-state index contributed by atoms with van der Waals surface area (Å²) in [6.45, 7) is 10.9. The second-order valence-electron chi connectivity index (χ2n) is 9.05. The Morgan fingerprint density at radius 1 is 0.788 bits per heavy atom. The molecule has 6 atom stereocenters. The van der Waals surface area contributed by atoms with E-state index in [4.69, 9.17) is 11.5 Å². The molecule has 0 fully saturated rings. The average molecular weight is 472 g/mol. The van der Waals surface area contributed by atoms with E-state index in [1.54, 1.807) is 20.8 Å². The number of primary amides is 1. The molecule has 0 saturated heterocycles. The lowest BCUT2D eigenvalue weighted by molar-refractivity contribution is -0.144. The molecule has 0 aromatic heterocycles. The van der Waals surface area contributed by atoms with E-state index in [-0.39, 0.29) is 17.8 Å². The summed E-state index contributed by atoms with van der Waals surface area (Å²) in [5.41, 5.74) is 11.2. The highest BCUT2D eigenvalue weighted by Gasteiger charge is 2.34. The fraction of sp³-hybridized carbons (Fsp3) is 0.773. The molecule has 0 aromatic rings. The standard InChI is InChI=1S/C22H41N5O6/c1-7-12(5)17(26-19(29)14(23)9-11(3)4)21(31)25-15(10-16(24)28)20(30)27-18(22(32)33)13(6)8-2/h11-15,17-18H,7-10,23H2,1-6H3,(H2,24,28)(H,25,31)(H,26,29)(H,27,30)(H,32,33). The number of carbonyl (C=O) groups is 5. The van der Waals surface area contributed by atoms with Crippen molar-refractivity contribution in [3.8, 4) is 0 Å². The van der Waals surface area contributed by atoms with Gasteiger partial charge < -0.3 is 32.5 Å². The van der Waals surface area contributed by atoms with Gasteiger partial charge in [0.15, 0.2) is 0 Å². The molecule has 4 amide bonds. The molecule has 33 heavy (non-hydrogen) atoms. The maximum atomic E-state index is 13.0. The van der Waals surface area contributed by atoms with Gasteiger partial charge in [0.25, 0.3) is 0 Å². The Balaban J connectivity index is 5.62. The number of carboxylic acid groups (broad SMARTS) is 1. The Morgan fingerprint density at radius 3 is 1.70 bits per heavy atom. The quantitative estimate of drug-likeness (QED) is 0.191. The first-order valence-corrected chi connectivity index (χ1v) is 11.4. The van der Waals surface area contributed by atoms with Crippen molar-refractivity contribution in [2.75, 3.05) is 0 Å². The van der Waals surface area contributed by atoms with Crippen LogP contribution in [-0.4, -0.2) is 58.9 Å². The van der Waals surface area contributed by atoms with Gasteiger partial charge in [-0.15, -0.1) is 0 Å². The minimum Gasteiger partial charge on any atom is -0.480 e. The summed E-state index contributed by atoms with van der Waals surface area (Å²) in [4.78, 5) is 61.3. The summed E-state index contributed by atoms with van der Waals surface area (Å²) in [5, 5.41) is 16.9. The number of nitrogens with one attached hydrogen (secondary N) is 3. The molecule has 0 aromatic carbocycles. The normalized spacial score (nSPS) is 16.6. The van der Waals surface area contributed by atoms with Crippen LogP contribution in [0.4, 0.5) is 0 Å². The molecule has 0 radical (unpaired) electrons. The Kier molecular flexibility index (Phi) is 13.3. The van der Waals surface area contributed by atoms with E-state index in [1.165, 1.54) is 0 Å². The number of nitrogens with two attached hydrogens (primary N) is 2. The van der Waals surface area contributed by atoms with E-state index in [0.29, 0.717) is 19.3 Å². The van der Waals surface area contributed by atoms with Crippen molar-refractivity contribution in [1.82, 2.24) is 16.0 Å². The minimum atomic E-state index is -1.39. The zero-order valence-corrected chi connectivity index (χ0v) is 20.5. The number of rotatable bonds is 15. The van der Waals surface area contributed by atoms with Crippen LogP contribution in [0.2, 0.25) is 0 Å². The molecule has 0 aliphatic carbocycles. The van der Waals surface area contributed by atoms with E-state index < -0.39 is 60.2 Å². The van der Waals surface area contributed by atoms with E-state index in [9.17, 15) is 29.1 Å². The third-order valence-corrected chi connectivity index (χ3v) is 5.67. The van der Waals surface area contributed by atoms with Gasteiger partial charge in [0.1, 0.15) is 18.1 Å². The molecule has 8 N–H and O–H groups in total. The lowest BCUT2D eigenvalue weighted by atomic mass is 9.96. The van der Waals surface area contributed by atoms with E-state index in [1.807, 2.05) is 20.8 Å². The molecule has 0 heterocycles. The fourth-order valence-electron chi connectivity index (χ4n) is 3.19. The number of carbonyl (C=O) groups excluding carboxylic acids is 4. The van der Waals surface area contributed by atoms with Crippen molar-refractivity contribution in [2.45, 2.75) is 91.4 Å².